The molecule has 1 heterocycles. The fraction of sp³-hybridized carbons (Fsp3) is 0.520. The van der Waals surface area contributed by atoms with Crippen molar-refractivity contribution >= 4 is 11.4 Å². The molecule has 0 aromatic heterocycles. The van der Waals surface area contributed by atoms with Crippen molar-refractivity contribution in [3.8, 4) is 0 Å². The van der Waals surface area contributed by atoms with Crippen LogP contribution in [0.3, 0.4) is 0 Å². The molecule has 3 atom stereocenters. The van der Waals surface area contributed by atoms with Crippen molar-refractivity contribution in [1.29, 1.82) is 0 Å². The molecule has 0 radical (unpaired) electrons. The summed E-state index contributed by atoms with van der Waals surface area (Å²) in [4.78, 5) is 2.74. The van der Waals surface area contributed by atoms with Gasteiger partial charge in [0.2, 0.25) is 0 Å². The molecule has 0 amide bonds. The molecule has 3 aliphatic rings. The third kappa shape index (κ3) is 3.51. The summed E-state index contributed by atoms with van der Waals surface area (Å²) in [5.74, 6) is 1.51. The predicted molar refractivity (Wildman–Crippen MR) is 114 cm³/mol. The summed E-state index contributed by atoms with van der Waals surface area (Å²) in [6, 6.07) is 12.4. The van der Waals surface area contributed by atoms with Crippen LogP contribution >= 0.6 is 0 Å². The zero-order valence-electron chi connectivity index (χ0n) is 17.6. The molecule has 2 fully saturated rings. The molecule has 1 aliphatic heterocycles. The smallest absolute Gasteiger partial charge is 0.356 e. The van der Waals surface area contributed by atoms with Crippen molar-refractivity contribution in [2.45, 2.75) is 57.2 Å². The number of fused-ring (bicyclic) bond motifs is 4. The second-order valence-electron chi connectivity index (χ2n) is 9.74. The number of alkyl halides is 3. The lowest BCUT2D eigenvalue weighted by Crippen LogP contribution is -2.58. The summed E-state index contributed by atoms with van der Waals surface area (Å²) in [5, 5.41) is 3.30. The van der Waals surface area contributed by atoms with Crippen LogP contribution in [0.1, 0.15) is 49.8 Å². The van der Waals surface area contributed by atoms with E-state index >= 15 is 0 Å². The predicted octanol–water partition coefficient (Wildman–Crippen LogP) is 6.38. The highest BCUT2D eigenvalue weighted by Crippen LogP contribution is 2.50. The number of halogens is 3. The van der Waals surface area contributed by atoms with Crippen LogP contribution in [-0.4, -0.2) is 24.0 Å². The number of likely N-dealkylation sites (tertiary alicyclic amines) is 1. The molecular weight excluding hydrogens is 385 g/mol. The Morgan fingerprint density at radius 1 is 1.07 bits per heavy atom. The monoisotopic (exact) mass is 414 g/mol. The van der Waals surface area contributed by atoms with Crippen LogP contribution < -0.4 is 5.32 Å². The quantitative estimate of drug-likeness (QED) is 0.624. The highest BCUT2D eigenvalue weighted by molar-refractivity contribution is 5.62. The van der Waals surface area contributed by atoms with Crippen LogP contribution in [0.15, 0.2) is 42.5 Å². The minimum absolute atomic E-state index is 0.149. The van der Waals surface area contributed by atoms with E-state index in [1.165, 1.54) is 42.6 Å². The van der Waals surface area contributed by atoms with Crippen LogP contribution in [-0.2, 0) is 18.0 Å². The van der Waals surface area contributed by atoms with Crippen molar-refractivity contribution in [2.75, 3.05) is 18.4 Å². The van der Waals surface area contributed by atoms with Gasteiger partial charge in [0.15, 0.2) is 0 Å². The zero-order chi connectivity index (χ0) is 21.1. The van der Waals surface area contributed by atoms with E-state index < -0.39 is 11.7 Å². The summed E-state index contributed by atoms with van der Waals surface area (Å²) in [6.07, 6.45) is 0.738. The highest BCUT2D eigenvalue weighted by Gasteiger charge is 2.49. The molecule has 2 bridgehead atoms. The Morgan fingerprint density at radius 2 is 1.77 bits per heavy atom. The summed E-state index contributed by atoms with van der Waals surface area (Å²) in [6.45, 7) is 7.23. The first-order valence-electron chi connectivity index (χ1n) is 11.1. The molecule has 5 rings (SSSR count). The molecule has 2 aromatic rings. The van der Waals surface area contributed by atoms with Crippen LogP contribution in [0.25, 0.3) is 0 Å². The lowest BCUT2D eigenvalue weighted by molar-refractivity contribution is -0.137. The first-order chi connectivity index (χ1) is 14.2. The Bertz CT molecular complexity index is 932. The second-order valence-corrected chi connectivity index (χ2v) is 9.74. The van der Waals surface area contributed by atoms with Gasteiger partial charge in [-0.25, -0.2) is 0 Å². The second kappa shape index (κ2) is 7.01. The van der Waals surface area contributed by atoms with Gasteiger partial charge in [-0.05, 0) is 97.0 Å². The van der Waals surface area contributed by atoms with Crippen molar-refractivity contribution in [2.24, 2.45) is 11.8 Å². The summed E-state index contributed by atoms with van der Waals surface area (Å²) in [7, 11) is 0. The van der Waals surface area contributed by atoms with E-state index in [4.69, 9.17) is 0 Å². The molecule has 1 saturated heterocycles. The molecule has 2 aliphatic carbocycles. The fourth-order valence-electron chi connectivity index (χ4n) is 5.55. The third-order valence-corrected chi connectivity index (χ3v) is 7.81. The Balaban J connectivity index is 1.39. The van der Waals surface area contributed by atoms with Gasteiger partial charge in [-0.2, -0.15) is 13.2 Å². The molecule has 1 N–H and O–H groups in total. The molecule has 160 valence electrons. The summed E-state index contributed by atoms with van der Waals surface area (Å²) in [5.41, 5.74) is 3.99. The largest absolute Gasteiger partial charge is 0.416 e. The molecule has 2 aromatic carbocycles. The minimum Gasteiger partial charge on any atom is -0.356 e. The number of hydrogen-bond acceptors (Lipinski definition) is 2. The molecule has 5 heteroatoms. The van der Waals surface area contributed by atoms with Crippen molar-refractivity contribution < 1.29 is 13.2 Å². The van der Waals surface area contributed by atoms with Crippen LogP contribution in [0.2, 0.25) is 0 Å². The highest BCUT2D eigenvalue weighted by atomic mass is 19.4. The molecule has 1 saturated carbocycles. The average molecular weight is 415 g/mol. The van der Waals surface area contributed by atoms with E-state index in [9.17, 15) is 13.2 Å². The van der Waals surface area contributed by atoms with E-state index in [2.05, 4.69) is 42.3 Å². The van der Waals surface area contributed by atoms with Crippen molar-refractivity contribution in [1.82, 2.24) is 4.90 Å². The maximum Gasteiger partial charge on any atom is 0.416 e. The lowest BCUT2D eigenvalue weighted by Gasteiger charge is -2.55. The molecule has 30 heavy (non-hydrogen) atoms. The minimum atomic E-state index is -4.31. The van der Waals surface area contributed by atoms with Gasteiger partial charge in [0.1, 0.15) is 0 Å². The zero-order valence-corrected chi connectivity index (χ0v) is 17.6. The number of benzene rings is 2. The average Bonchev–Trinajstić information content (AvgIpc) is 3.51. The molecule has 2 nitrogen and oxygen atoms in total. The number of nitrogens with one attached hydrogen (secondary N) is 1. The number of piperidine rings is 1. The van der Waals surface area contributed by atoms with Gasteiger partial charge in [0.25, 0.3) is 0 Å². The molecular formula is C25H29F3N2. The number of rotatable bonds is 4. The van der Waals surface area contributed by atoms with Crippen molar-refractivity contribution in [3.05, 3.63) is 59.2 Å². The van der Waals surface area contributed by atoms with E-state index in [0.717, 1.165) is 43.1 Å². The van der Waals surface area contributed by atoms with Gasteiger partial charge in [-0.1, -0.05) is 19.9 Å². The topological polar surface area (TPSA) is 15.3 Å². The normalized spacial score (nSPS) is 28.8. The third-order valence-electron chi connectivity index (χ3n) is 7.81. The lowest BCUT2D eigenvalue weighted by atomic mass is 9.59. The van der Waals surface area contributed by atoms with Gasteiger partial charge in [-0.3, -0.25) is 4.90 Å². The number of nitrogens with zero attached hydrogens (tertiary/aromatic N) is 1. The maximum atomic E-state index is 12.8. The van der Waals surface area contributed by atoms with Gasteiger partial charge < -0.3 is 5.32 Å². The van der Waals surface area contributed by atoms with Gasteiger partial charge in [-0.15, -0.1) is 0 Å². The Labute approximate surface area is 176 Å². The van der Waals surface area contributed by atoms with E-state index in [1.807, 2.05) is 0 Å². The Morgan fingerprint density at radius 3 is 2.43 bits per heavy atom. The van der Waals surface area contributed by atoms with Crippen LogP contribution in [0, 0.1) is 11.8 Å². The Hall–Kier alpha value is -2.01. The van der Waals surface area contributed by atoms with Crippen LogP contribution in [0.4, 0.5) is 24.5 Å². The van der Waals surface area contributed by atoms with Gasteiger partial charge in [0.05, 0.1) is 5.56 Å². The van der Waals surface area contributed by atoms with Crippen LogP contribution in [0.5, 0.6) is 0 Å². The summed E-state index contributed by atoms with van der Waals surface area (Å²) < 4.78 is 38.4. The summed E-state index contributed by atoms with van der Waals surface area (Å²) >= 11 is 0. The van der Waals surface area contributed by atoms with E-state index in [0.29, 0.717) is 17.6 Å². The Kier molecular flexibility index (Phi) is 4.66. The van der Waals surface area contributed by atoms with Gasteiger partial charge >= 0.3 is 6.18 Å². The standard InChI is InChI=1S/C25H29F3N2/c1-16-23-13-18-5-8-21(29-20-9-6-19(7-10-20)25(26,27)28)14-22(18)24(16,2)11-12-30(23)15-17-3-4-17/h5-10,14,16-17,23,29H,3-4,11-13,15H2,1-2H3/t16-,23+,24+/m0/s1. The molecule has 0 spiro atoms. The number of anilines is 2. The van der Waals surface area contributed by atoms with Crippen molar-refractivity contribution in [3.63, 3.8) is 0 Å². The molecule has 0 unspecified atom stereocenters. The maximum absolute atomic E-state index is 12.8. The van der Waals surface area contributed by atoms with E-state index in [-0.39, 0.29) is 5.41 Å². The number of hydrogen-bond donors (Lipinski definition) is 1. The fourth-order valence-corrected chi connectivity index (χ4v) is 5.55. The van der Waals surface area contributed by atoms with E-state index in [1.54, 1.807) is 0 Å². The first-order valence-corrected chi connectivity index (χ1v) is 11.1. The first kappa shape index (κ1) is 19.9. The SMILES string of the molecule is C[C@H]1[C@H]2Cc3ccc(Nc4ccc(C(F)(F)F)cc4)cc3[C@]1(C)CCN2CC1CC1. The van der Waals surface area contributed by atoms with Gasteiger partial charge in [0, 0.05) is 24.0 Å².